The van der Waals surface area contributed by atoms with E-state index < -0.39 is 18.0 Å². The Morgan fingerprint density at radius 1 is 1.29 bits per heavy atom. The first-order valence-electron chi connectivity index (χ1n) is 9.09. The van der Waals surface area contributed by atoms with Crippen molar-refractivity contribution < 1.29 is 23.7 Å². The standard InChI is InChI=1S/C17H21N7O4/c1-21-15-14(16(26)22(2)17(21)27)23(10-18-15)9-13(25)20-11-7-19-24(8-11)12-3-5-28-6-4-12/h7-8,10,12,14H,3-6,9H2,1-2H3/p+1. The van der Waals surface area contributed by atoms with Crippen LogP contribution in [0.3, 0.4) is 0 Å². The van der Waals surface area contributed by atoms with Gasteiger partial charge in [0.05, 0.1) is 17.9 Å². The summed E-state index contributed by atoms with van der Waals surface area (Å²) in [5, 5.41) is 7.13. The number of amides is 4. The topological polar surface area (TPSA) is 112 Å². The summed E-state index contributed by atoms with van der Waals surface area (Å²) in [5.74, 6) is -0.377. The van der Waals surface area contributed by atoms with Crippen LogP contribution in [0.5, 0.6) is 0 Å². The van der Waals surface area contributed by atoms with Gasteiger partial charge in [0, 0.05) is 33.5 Å². The van der Waals surface area contributed by atoms with E-state index in [1.807, 2.05) is 4.68 Å². The second-order valence-corrected chi connectivity index (χ2v) is 7.02. The molecule has 4 heterocycles. The SMILES string of the molecule is CN1C(=O)C2C(=NC=[N+]2CC(=O)Nc2cnn(C3CCOCC3)c2)N(C)C1=O. The second kappa shape index (κ2) is 7.15. The number of aliphatic imine (C=N–C) groups is 1. The van der Waals surface area contributed by atoms with Gasteiger partial charge < -0.3 is 10.1 Å². The lowest BCUT2D eigenvalue weighted by Crippen LogP contribution is -2.61. The van der Waals surface area contributed by atoms with Gasteiger partial charge in [-0.3, -0.25) is 24.1 Å². The van der Waals surface area contributed by atoms with Gasteiger partial charge in [-0.2, -0.15) is 5.10 Å². The largest absolute Gasteiger partial charge is 0.381 e. The number of carbonyl (C=O) groups is 3. The number of nitrogens with zero attached hydrogens (tertiary/aromatic N) is 6. The number of imide groups is 1. The number of urea groups is 1. The van der Waals surface area contributed by atoms with Gasteiger partial charge in [0.1, 0.15) is 0 Å². The third kappa shape index (κ3) is 3.17. The van der Waals surface area contributed by atoms with Crippen LogP contribution < -0.4 is 5.32 Å². The molecule has 0 aromatic carbocycles. The molecule has 3 aliphatic rings. The van der Waals surface area contributed by atoms with E-state index in [0.29, 0.717) is 24.7 Å². The van der Waals surface area contributed by atoms with Crippen molar-refractivity contribution in [3.8, 4) is 0 Å². The fraction of sp³-hybridized carbons (Fsp3) is 0.529. The zero-order valence-corrected chi connectivity index (χ0v) is 15.7. The molecule has 1 atom stereocenters. The number of rotatable bonds is 4. The number of fused-ring (bicyclic) bond motifs is 1. The zero-order valence-electron chi connectivity index (χ0n) is 15.7. The maximum Gasteiger partial charge on any atom is 0.333 e. The van der Waals surface area contributed by atoms with E-state index in [1.165, 1.54) is 22.9 Å². The summed E-state index contributed by atoms with van der Waals surface area (Å²) < 4.78 is 8.73. The van der Waals surface area contributed by atoms with Gasteiger partial charge in [0.15, 0.2) is 6.54 Å². The number of carbonyl (C=O) groups excluding carboxylic acids is 3. The smallest absolute Gasteiger partial charge is 0.333 e. The number of amidine groups is 1. The summed E-state index contributed by atoms with van der Waals surface area (Å²) in [4.78, 5) is 43.4. The Morgan fingerprint density at radius 2 is 2.04 bits per heavy atom. The van der Waals surface area contributed by atoms with Crippen molar-refractivity contribution in [2.75, 3.05) is 39.2 Å². The number of hydrogen-bond acceptors (Lipinski definition) is 6. The van der Waals surface area contributed by atoms with Crippen molar-refractivity contribution in [1.29, 1.82) is 0 Å². The maximum atomic E-state index is 12.5. The molecule has 11 nitrogen and oxygen atoms in total. The molecule has 11 heteroatoms. The van der Waals surface area contributed by atoms with Crippen molar-refractivity contribution >= 4 is 35.7 Å². The van der Waals surface area contributed by atoms with Crippen LogP contribution in [-0.2, 0) is 14.3 Å². The molecular weight excluding hydrogens is 366 g/mol. The number of nitrogens with one attached hydrogen (secondary N) is 1. The molecule has 0 bridgehead atoms. The number of likely N-dealkylation sites (N-methyl/N-ethyl adjacent to an activating group) is 2. The molecule has 3 aliphatic heterocycles. The molecule has 0 aliphatic carbocycles. The van der Waals surface area contributed by atoms with Crippen molar-refractivity contribution in [3.63, 3.8) is 0 Å². The van der Waals surface area contributed by atoms with E-state index in [2.05, 4.69) is 15.4 Å². The van der Waals surface area contributed by atoms with E-state index in [-0.39, 0.29) is 18.5 Å². The fourth-order valence-corrected chi connectivity index (χ4v) is 3.59. The Bertz CT molecular complexity index is 884. The summed E-state index contributed by atoms with van der Waals surface area (Å²) >= 11 is 0. The van der Waals surface area contributed by atoms with Crippen molar-refractivity contribution in [2.24, 2.45) is 4.99 Å². The molecule has 1 N–H and O–H groups in total. The summed E-state index contributed by atoms with van der Waals surface area (Å²) in [6.07, 6.45) is 6.61. The van der Waals surface area contributed by atoms with Gasteiger partial charge >= 0.3 is 6.03 Å². The lowest BCUT2D eigenvalue weighted by molar-refractivity contribution is -0.519. The minimum Gasteiger partial charge on any atom is -0.381 e. The third-order valence-corrected chi connectivity index (χ3v) is 5.17. The molecule has 4 rings (SSSR count). The Hall–Kier alpha value is -3.08. The van der Waals surface area contributed by atoms with Gasteiger partial charge in [-0.15, -0.1) is 0 Å². The summed E-state index contributed by atoms with van der Waals surface area (Å²) in [7, 11) is 2.97. The second-order valence-electron chi connectivity index (χ2n) is 7.02. The molecule has 1 aromatic rings. The molecule has 0 radical (unpaired) electrons. The molecule has 4 amide bonds. The quantitative estimate of drug-likeness (QED) is 0.700. The van der Waals surface area contributed by atoms with Gasteiger partial charge in [0.2, 0.25) is 0 Å². The fourth-order valence-electron chi connectivity index (χ4n) is 3.59. The minimum absolute atomic E-state index is 0.0677. The summed E-state index contributed by atoms with van der Waals surface area (Å²) in [6, 6.07) is -0.950. The van der Waals surface area contributed by atoms with Crippen LogP contribution in [0.2, 0.25) is 0 Å². The van der Waals surface area contributed by atoms with Crippen LogP contribution in [0, 0.1) is 0 Å². The molecule has 2 fully saturated rings. The van der Waals surface area contributed by atoms with Gasteiger partial charge in [-0.05, 0) is 17.8 Å². The monoisotopic (exact) mass is 388 g/mol. The number of anilines is 1. The first-order chi connectivity index (χ1) is 13.5. The Morgan fingerprint density at radius 3 is 2.79 bits per heavy atom. The lowest BCUT2D eigenvalue weighted by Gasteiger charge is -2.30. The number of ether oxygens (including phenoxy) is 1. The number of hydrogen-bond donors (Lipinski definition) is 1. The lowest BCUT2D eigenvalue weighted by atomic mass is 10.1. The van der Waals surface area contributed by atoms with Crippen LogP contribution >= 0.6 is 0 Å². The van der Waals surface area contributed by atoms with Crippen LogP contribution in [-0.4, -0.2) is 94.1 Å². The highest BCUT2D eigenvalue weighted by atomic mass is 16.5. The van der Waals surface area contributed by atoms with E-state index in [9.17, 15) is 14.4 Å². The van der Waals surface area contributed by atoms with E-state index >= 15 is 0 Å². The zero-order chi connectivity index (χ0) is 19.8. The van der Waals surface area contributed by atoms with E-state index in [4.69, 9.17) is 4.74 Å². The van der Waals surface area contributed by atoms with E-state index in [0.717, 1.165) is 17.7 Å². The molecule has 1 aromatic heterocycles. The van der Waals surface area contributed by atoms with Crippen molar-refractivity contribution in [3.05, 3.63) is 12.4 Å². The molecule has 0 spiro atoms. The minimum atomic E-state index is -0.775. The normalized spacial score (nSPS) is 22.9. The molecule has 2 saturated heterocycles. The number of aromatic nitrogens is 2. The van der Waals surface area contributed by atoms with Gasteiger partial charge in [-0.1, -0.05) is 0 Å². The van der Waals surface area contributed by atoms with Crippen LogP contribution in [0.15, 0.2) is 17.4 Å². The van der Waals surface area contributed by atoms with Crippen LogP contribution in [0.4, 0.5) is 10.5 Å². The Balaban J connectivity index is 1.39. The first kappa shape index (κ1) is 18.3. The van der Waals surface area contributed by atoms with Gasteiger partial charge in [0.25, 0.3) is 30.0 Å². The van der Waals surface area contributed by atoms with Crippen molar-refractivity contribution in [2.45, 2.75) is 24.9 Å². The molecule has 28 heavy (non-hydrogen) atoms. The Kier molecular flexibility index (Phi) is 4.67. The molecule has 1 unspecified atom stereocenters. The molecule has 148 valence electrons. The first-order valence-corrected chi connectivity index (χ1v) is 9.09. The average molecular weight is 388 g/mol. The third-order valence-electron chi connectivity index (χ3n) is 5.17. The molecule has 0 saturated carbocycles. The summed E-state index contributed by atoms with van der Waals surface area (Å²) in [6.45, 7) is 1.35. The highest BCUT2D eigenvalue weighted by molar-refractivity contribution is 6.21. The Labute approximate surface area is 161 Å². The van der Waals surface area contributed by atoms with Crippen LogP contribution in [0.1, 0.15) is 18.9 Å². The highest BCUT2D eigenvalue weighted by Gasteiger charge is 2.50. The van der Waals surface area contributed by atoms with E-state index in [1.54, 1.807) is 19.4 Å². The molecular formula is C17H22N7O4+. The summed E-state index contributed by atoms with van der Waals surface area (Å²) in [5.41, 5.74) is 0.594. The maximum absolute atomic E-state index is 12.5. The highest BCUT2D eigenvalue weighted by Crippen LogP contribution is 2.21. The van der Waals surface area contributed by atoms with Crippen molar-refractivity contribution in [1.82, 2.24) is 19.6 Å². The van der Waals surface area contributed by atoms with Gasteiger partial charge in [-0.25, -0.2) is 9.37 Å². The predicted molar refractivity (Wildman–Crippen MR) is 98.3 cm³/mol. The average Bonchev–Trinajstić information content (AvgIpc) is 3.33. The van der Waals surface area contributed by atoms with Crippen LogP contribution in [0.25, 0.3) is 0 Å². The predicted octanol–water partition coefficient (Wildman–Crippen LogP) is -0.482.